The topological polar surface area (TPSA) is 38.9 Å². The molecule has 0 aliphatic carbocycles. The molecule has 2 rings (SSSR count). The Balaban J connectivity index is 2.65. The first-order valence-electron chi connectivity index (χ1n) is 5.41. The summed E-state index contributed by atoms with van der Waals surface area (Å²) in [6.45, 7) is 6.52. The number of aryl methyl sites for hydroxylation is 1. The second-order valence-corrected chi connectivity index (χ2v) is 5.44. The average molecular weight is 232 g/mol. The number of hydrogen-bond acceptors (Lipinski definition) is 3. The molecule has 0 atom stereocenters. The van der Waals surface area contributed by atoms with Crippen molar-refractivity contribution in [2.24, 2.45) is 0 Å². The molecule has 0 bridgehead atoms. The smallest absolute Gasteiger partial charge is 0.0957 e. The van der Waals surface area contributed by atoms with E-state index in [-0.39, 0.29) is 0 Å². The maximum absolute atomic E-state index is 6.09. The van der Waals surface area contributed by atoms with Crippen LogP contribution in [0.3, 0.4) is 0 Å². The Morgan fingerprint density at radius 2 is 2.06 bits per heavy atom. The molecule has 16 heavy (non-hydrogen) atoms. The van der Waals surface area contributed by atoms with Crippen molar-refractivity contribution in [3.8, 4) is 11.3 Å². The number of pyridine rings is 1. The second kappa shape index (κ2) is 4.26. The third kappa shape index (κ3) is 1.83. The van der Waals surface area contributed by atoms with Gasteiger partial charge >= 0.3 is 0 Å². The van der Waals surface area contributed by atoms with Crippen molar-refractivity contribution in [2.45, 2.75) is 26.7 Å². The highest BCUT2D eigenvalue weighted by Gasteiger charge is 2.18. The zero-order valence-corrected chi connectivity index (χ0v) is 10.6. The molecule has 3 heteroatoms. The Morgan fingerprint density at radius 3 is 2.62 bits per heavy atom. The van der Waals surface area contributed by atoms with E-state index in [0.717, 1.165) is 16.3 Å². The lowest BCUT2D eigenvalue weighted by molar-refractivity contribution is 0.866. The molecule has 2 heterocycles. The van der Waals surface area contributed by atoms with Crippen molar-refractivity contribution in [2.75, 3.05) is 5.73 Å². The lowest BCUT2D eigenvalue weighted by atomic mass is 9.97. The molecule has 2 N–H and O–H groups in total. The van der Waals surface area contributed by atoms with Crippen LogP contribution >= 0.6 is 11.3 Å². The fourth-order valence-corrected chi connectivity index (χ4v) is 3.14. The standard InChI is InChI=1S/C13H16N2S/c1-8(2)11-9(3)16-13(14)12(11)10-6-4-5-7-15-10/h4-8H,14H2,1-3H3. The van der Waals surface area contributed by atoms with Gasteiger partial charge in [0.1, 0.15) is 0 Å². The molecule has 0 saturated heterocycles. The van der Waals surface area contributed by atoms with Gasteiger partial charge < -0.3 is 5.73 Å². The fourth-order valence-electron chi connectivity index (χ4n) is 2.05. The van der Waals surface area contributed by atoms with Gasteiger partial charge in [0, 0.05) is 16.6 Å². The first-order chi connectivity index (χ1) is 7.61. The molecule has 0 aliphatic rings. The van der Waals surface area contributed by atoms with E-state index in [4.69, 9.17) is 5.73 Å². The predicted octanol–water partition coefficient (Wildman–Crippen LogP) is 3.82. The maximum Gasteiger partial charge on any atom is 0.0957 e. The van der Waals surface area contributed by atoms with Gasteiger partial charge in [-0.2, -0.15) is 0 Å². The van der Waals surface area contributed by atoms with E-state index in [9.17, 15) is 0 Å². The summed E-state index contributed by atoms with van der Waals surface area (Å²) < 4.78 is 0. The minimum Gasteiger partial charge on any atom is -0.390 e. The zero-order chi connectivity index (χ0) is 11.7. The minimum absolute atomic E-state index is 0.477. The summed E-state index contributed by atoms with van der Waals surface area (Å²) in [5.41, 5.74) is 9.53. The highest BCUT2D eigenvalue weighted by molar-refractivity contribution is 7.16. The molecule has 0 saturated carbocycles. The molecule has 0 fully saturated rings. The maximum atomic E-state index is 6.09. The Kier molecular flexibility index (Phi) is 2.97. The van der Waals surface area contributed by atoms with Crippen LogP contribution in [0.5, 0.6) is 0 Å². The van der Waals surface area contributed by atoms with Crippen molar-refractivity contribution in [1.29, 1.82) is 0 Å². The second-order valence-electron chi connectivity index (χ2n) is 4.18. The van der Waals surface area contributed by atoms with Crippen LogP contribution in [0.15, 0.2) is 24.4 Å². The summed E-state index contributed by atoms with van der Waals surface area (Å²) in [4.78, 5) is 5.69. The molecule has 0 amide bonds. The molecule has 2 aromatic rings. The van der Waals surface area contributed by atoms with Crippen molar-refractivity contribution >= 4 is 16.3 Å². The molecule has 0 spiro atoms. The highest BCUT2D eigenvalue weighted by atomic mass is 32.1. The lowest BCUT2D eigenvalue weighted by Crippen LogP contribution is -1.94. The largest absolute Gasteiger partial charge is 0.390 e. The SMILES string of the molecule is Cc1sc(N)c(-c2ccccn2)c1C(C)C. The molecular formula is C13H16N2S. The van der Waals surface area contributed by atoms with E-state index >= 15 is 0 Å². The van der Waals surface area contributed by atoms with Gasteiger partial charge in [-0.25, -0.2) is 0 Å². The molecule has 0 unspecified atom stereocenters. The summed E-state index contributed by atoms with van der Waals surface area (Å²) in [7, 11) is 0. The molecule has 2 aromatic heterocycles. The van der Waals surface area contributed by atoms with Crippen LogP contribution in [-0.4, -0.2) is 4.98 Å². The van der Waals surface area contributed by atoms with Crippen LogP contribution in [0, 0.1) is 6.92 Å². The number of nitrogens with zero attached hydrogens (tertiary/aromatic N) is 1. The van der Waals surface area contributed by atoms with Crippen LogP contribution in [-0.2, 0) is 0 Å². The first-order valence-corrected chi connectivity index (χ1v) is 6.23. The van der Waals surface area contributed by atoms with Crippen LogP contribution in [0.4, 0.5) is 5.00 Å². The van der Waals surface area contributed by atoms with Gasteiger partial charge in [0.25, 0.3) is 0 Å². The summed E-state index contributed by atoms with van der Waals surface area (Å²) >= 11 is 1.66. The minimum atomic E-state index is 0.477. The third-order valence-corrected chi connectivity index (χ3v) is 3.61. The number of rotatable bonds is 2. The van der Waals surface area contributed by atoms with Crippen molar-refractivity contribution in [3.63, 3.8) is 0 Å². The molecule has 2 nitrogen and oxygen atoms in total. The van der Waals surface area contributed by atoms with Gasteiger partial charge in [-0.15, -0.1) is 11.3 Å². The summed E-state index contributed by atoms with van der Waals surface area (Å²) in [5.74, 6) is 0.477. The summed E-state index contributed by atoms with van der Waals surface area (Å²) in [6.07, 6.45) is 1.81. The number of hydrogen-bond donors (Lipinski definition) is 1. The van der Waals surface area contributed by atoms with Gasteiger partial charge in [0.2, 0.25) is 0 Å². The van der Waals surface area contributed by atoms with Crippen LogP contribution in [0.2, 0.25) is 0 Å². The Labute approximate surface area is 100 Å². The van der Waals surface area contributed by atoms with Gasteiger partial charge in [0.05, 0.1) is 10.7 Å². The third-order valence-electron chi connectivity index (χ3n) is 2.66. The average Bonchev–Trinajstić information content (AvgIpc) is 2.55. The monoisotopic (exact) mass is 232 g/mol. The van der Waals surface area contributed by atoms with E-state index in [1.165, 1.54) is 10.4 Å². The molecule has 0 aliphatic heterocycles. The number of nitrogens with two attached hydrogens (primary N) is 1. The van der Waals surface area contributed by atoms with Crippen molar-refractivity contribution < 1.29 is 0 Å². The van der Waals surface area contributed by atoms with Crippen LogP contribution < -0.4 is 5.73 Å². The molecule has 84 valence electrons. The van der Waals surface area contributed by atoms with Crippen LogP contribution in [0.1, 0.15) is 30.2 Å². The number of anilines is 1. The van der Waals surface area contributed by atoms with Gasteiger partial charge in [-0.05, 0) is 30.5 Å². The Morgan fingerprint density at radius 1 is 1.31 bits per heavy atom. The van der Waals surface area contributed by atoms with E-state index in [2.05, 4.69) is 25.8 Å². The van der Waals surface area contributed by atoms with Crippen LogP contribution in [0.25, 0.3) is 11.3 Å². The van der Waals surface area contributed by atoms with E-state index in [1.54, 1.807) is 11.3 Å². The summed E-state index contributed by atoms with van der Waals surface area (Å²) in [6, 6.07) is 5.94. The number of nitrogen functional groups attached to an aromatic ring is 1. The molecule has 0 radical (unpaired) electrons. The quantitative estimate of drug-likeness (QED) is 0.854. The zero-order valence-electron chi connectivity index (χ0n) is 9.82. The Bertz CT molecular complexity index is 486. The molecular weight excluding hydrogens is 216 g/mol. The normalized spacial score (nSPS) is 11.0. The van der Waals surface area contributed by atoms with E-state index < -0.39 is 0 Å². The van der Waals surface area contributed by atoms with Gasteiger partial charge in [-0.3, -0.25) is 4.98 Å². The molecule has 0 aromatic carbocycles. The summed E-state index contributed by atoms with van der Waals surface area (Å²) in [5, 5.41) is 0.875. The number of thiophene rings is 1. The Hall–Kier alpha value is -1.35. The van der Waals surface area contributed by atoms with Gasteiger partial charge in [0.15, 0.2) is 0 Å². The first kappa shape index (κ1) is 11.1. The highest BCUT2D eigenvalue weighted by Crippen LogP contribution is 2.41. The van der Waals surface area contributed by atoms with E-state index in [1.807, 2.05) is 24.4 Å². The predicted molar refractivity (Wildman–Crippen MR) is 70.8 cm³/mol. The lowest BCUT2D eigenvalue weighted by Gasteiger charge is -2.09. The van der Waals surface area contributed by atoms with Gasteiger partial charge in [-0.1, -0.05) is 19.9 Å². The number of aromatic nitrogens is 1. The van der Waals surface area contributed by atoms with E-state index in [0.29, 0.717) is 5.92 Å². The van der Waals surface area contributed by atoms with Crippen molar-refractivity contribution in [3.05, 3.63) is 34.8 Å². The fraction of sp³-hybridized carbons (Fsp3) is 0.308. The van der Waals surface area contributed by atoms with Crippen molar-refractivity contribution in [1.82, 2.24) is 4.98 Å².